The third-order valence-corrected chi connectivity index (χ3v) is 4.95. The van der Waals surface area contributed by atoms with Gasteiger partial charge in [-0.25, -0.2) is 4.79 Å². The molecular formula is C21H22N2O2S. The van der Waals surface area contributed by atoms with Gasteiger partial charge in [0.05, 0.1) is 18.7 Å². The summed E-state index contributed by atoms with van der Waals surface area (Å²) in [4.78, 5) is 14.5. The number of hydrogen-bond donors (Lipinski definition) is 1. The fourth-order valence-electron chi connectivity index (χ4n) is 3.31. The van der Waals surface area contributed by atoms with E-state index in [0.717, 1.165) is 28.1 Å². The Morgan fingerprint density at radius 3 is 2.46 bits per heavy atom. The second-order valence-corrected chi connectivity index (χ2v) is 6.79. The Labute approximate surface area is 159 Å². The molecule has 26 heavy (non-hydrogen) atoms. The van der Waals surface area contributed by atoms with Gasteiger partial charge in [0.25, 0.3) is 0 Å². The highest BCUT2D eigenvalue weighted by molar-refractivity contribution is 7.80. The van der Waals surface area contributed by atoms with Crippen molar-refractivity contribution in [2.24, 2.45) is 0 Å². The van der Waals surface area contributed by atoms with Crippen LogP contribution in [0.2, 0.25) is 0 Å². The average molecular weight is 366 g/mol. The van der Waals surface area contributed by atoms with Crippen LogP contribution in [0.4, 0.5) is 5.69 Å². The molecule has 5 heteroatoms. The van der Waals surface area contributed by atoms with E-state index in [0.29, 0.717) is 10.7 Å². The van der Waals surface area contributed by atoms with Gasteiger partial charge in [0, 0.05) is 11.4 Å². The summed E-state index contributed by atoms with van der Waals surface area (Å²) in [5, 5.41) is 3.91. The Balaban J connectivity index is 2.18. The van der Waals surface area contributed by atoms with Crippen molar-refractivity contribution in [1.29, 1.82) is 0 Å². The second-order valence-electron chi connectivity index (χ2n) is 6.40. The van der Waals surface area contributed by atoms with Crippen molar-refractivity contribution < 1.29 is 9.53 Å². The SMILES string of the molecule is COC(=O)C1=C(C)N(c2ccccc2)C(=S)N[C@@H]1c1cc(C)ccc1C. The molecule has 2 aromatic rings. The largest absolute Gasteiger partial charge is 0.466 e. The number of hydrogen-bond acceptors (Lipinski definition) is 3. The van der Waals surface area contributed by atoms with Gasteiger partial charge in [-0.1, -0.05) is 42.0 Å². The Morgan fingerprint density at radius 2 is 1.81 bits per heavy atom. The van der Waals surface area contributed by atoms with Crippen LogP contribution in [0, 0.1) is 13.8 Å². The molecule has 0 fully saturated rings. The summed E-state index contributed by atoms with van der Waals surface area (Å²) in [6.45, 7) is 5.98. The molecule has 1 heterocycles. The summed E-state index contributed by atoms with van der Waals surface area (Å²) in [6, 6.07) is 15.6. The monoisotopic (exact) mass is 366 g/mol. The summed E-state index contributed by atoms with van der Waals surface area (Å²) in [7, 11) is 1.41. The maximum atomic E-state index is 12.7. The molecule has 2 aromatic carbocycles. The van der Waals surface area contributed by atoms with Gasteiger partial charge >= 0.3 is 5.97 Å². The van der Waals surface area contributed by atoms with Crippen molar-refractivity contribution in [3.8, 4) is 0 Å². The van der Waals surface area contributed by atoms with Gasteiger partial charge in [-0.2, -0.15) is 0 Å². The predicted molar refractivity (Wildman–Crippen MR) is 108 cm³/mol. The van der Waals surface area contributed by atoms with Gasteiger partial charge in [0.1, 0.15) is 0 Å². The molecule has 0 amide bonds. The first-order valence-corrected chi connectivity index (χ1v) is 8.86. The number of aryl methyl sites for hydroxylation is 2. The molecule has 1 N–H and O–H groups in total. The van der Waals surface area contributed by atoms with Gasteiger partial charge in [0.15, 0.2) is 5.11 Å². The van der Waals surface area contributed by atoms with Crippen molar-refractivity contribution in [3.63, 3.8) is 0 Å². The molecular weight excluding hydrogens is 344 g/mol. The number of carbonyl (C=O) groups is 1. The molecule has 0 bridgehead atoms. The molecule has 0 saturated heterocycles. The Hall–Kier alpha value is -2.66. The van der Waals surface area contributed by atoms with Gasteiger partial charge in [-0.3, -0.25) is 4.90 Å². The normalized spacial score (nSPS) is 17.2. The van der Waals surface area contributed by atoms with Crippen molar-refractivity contribution in [2.75, 3.05) is 12.0 Å². The van der Waals surface area contributed by atoms with E-state index >= 15 is 0 Å². The molecule has 1 atom stereocenters. The highest BCUT2D eigenvalue weighted by Gasteiger charge is 2.35. The van der Waals surface area contributed by atoms with Gasteiger partial charge in [0.2, 0.25) is 0 Å². The third-order valence-electron chi connectivity index (χ3n) is 4.65. The number of thiocarbonyl (C=S) groups is 1. The lowest BCUT2D eigenvalue weighted by Gasteiger charge is -2.38. The fraction of sp³-hybridized carbons (Fsp3) is 0.238. The van der Waals surface area contributed by atoms with E-state index in [9.17, 15) is 4.79 Å². The molecule has 0 spiro atoms. The summed E-state index contributed by atoms with van der Waals surface area (Å²) >= 11 is 5.64. The Bertz CT molecular complexity index is 890. The molecule has 0 unspecified atom stereocenters. The fourth-order valence-corrected chi connectivity index (χ4v) is 3.67. The Morgan fingerprint density at radius 1 is 1.12 bits per heavy atom. The van der Waals surface area contributed by atoms with Crippen molar-refractivity contribution in [1.82, 2.24) is 5.32 Å². The summed E-state index contributed by atoms with van der Waals surface area (Å²) in [6.07, 6.45) is 0. The molecule has 1 aliphatic heterocycles. The number of anilines is 1. The number of nitrogens with one attached hydrogen (secondary N) is 1. The van der Waals surface area contributed by atoms with E-state index in [2.05, 4.69) is 23.5 Å². The topological polar surface area (TPSA) is 41.6 Å². The molecule has 0 saturated carbocycles. The van der Waals surface area contributed by atoms with E-state index in [-0.39, 0.29) is 12.0 Å². The van der Waals surface area contributed by atoms with Crippen LogP contribution in [0.3, 0.4) is 0 Å². The van der Waals surface area contributed by atoms with Crippen LogP contribution in [0.15, 0.2) is 59.8 Å². The number of carbonyl (C=O) groups excluding carboxylic acids is 1. The predicted octanol–water partition coefficient (Wildman–Crippen LogP) is 4.19. The third kappa shape index (κ3) is 3.22. The van der Waals surface area contributed by atoms with Gasteiger partial charge in [-0.15, -0.1) is 0 Å². The molecule has 3 rings (SSSR count). The smallest absolute Gasteiger partial charge is 0.337 e. The van der Waals surface area contributed by atoms with Crippen LogP contribution in [0.25, 0.3) is 0 Å². The minimum absolute atomic E-state index is 0.338. The maximum absolute atomic E-state index is 12.7. The summed E-state index contributed by atoms with van der Waals surface area (Å²) in [5.41, 5.74) is 5.50. The lowest BCUT2D eigenvalue weighted by molar-refractivity contribution is -0.136. The van der Waals surface area contributed by atoms with E-state index < -0.39 is 0 Å². The first kappa shape index (κ1) is 18.1. The number of nitrogens with zero attached hydrogens (tertiary/aromatic N) is 1. The van der Waals surface area contributed by atoms with Gasteiger partial charge in [-0.05, 0) is 56.2 Å². The average Bonchev–Trinajstić information content (AvgIpc) is 2.63. The molecule has 1 aliphatic rings. The number of ether oxygens (including phenoxy) is 1. The maximum Gasteiger partial charge on any atom is 0.337 e. The Kier molecular flexibility index (Phi) is 5.09. The zero-order valence-electron chi connectivity index (χ0n) is 15.4. The van der Waals surface area contributed by atoms with Crippen LogP contribution in [-0.2, 0) is 9.53 Å². The second kappa shape index (κ2) is 7.30. The lowest BCUT2D eigenvalue weighted by Crippen LogP contribution is -2.48. The van der Waals surface area contributed by atoms with E-state index in [1.807, 2.05) is 56.0 Å². The van der Waals surface area contributed by atoms with Crippen molar-refractivity contribution >= 4 is 29.0 Å². The van der Waals surface area contributed by atoms with Crippen molar-refractivity contribution in [2.45, 2.75) is 26.8 Å². The number of benzene rings is 2. The molecule has 4 nitrogen and oxygen atoms in total. The quantitative estimate of drug-likeness (QED) is 0.652. The van der Waals surface area contributed by atoms with Crippen LogP contribution in [0.1, 0.15) is 29.7 Å². The minimum Gasteiger partial charge on any atom is -0.466 e. The van der Waals surface area contributed by atoms with E-state index in [1.54, 1.807) is 0 Å². The zero-order valence-corrected chi connectivity index (χ0v) is 16.2. The molecule has 0 radical (unpaired) electrons. The number of allylic oxidation sites excluding steroid dienone is 1. The van der Waals surface area contributed by atoms with E-state index in [4.69, 9.17) is 17.0 Å². The first-order valence-electron chi connectivity index (χ1n) is 8.46. The number of para-hydroxylation sites is 1. The summed E-state index contributed by atoms with van der Waals surface area (Å²) in [5.74, 6) is -0.357. The zero-order chi connectivity index (χ0) is 18.8. The van der Waals surface area contributed by atoms with Crippen LogP contribution in [0.5, 0.6) is 0 Å². The number of methoxy groups -OCH3 is 1. The lowest BCUT2D eigenvalue weighted by atomic mass is 9.91. The van der Waals surface area contributed by atoms with Crippen LogP contribution < -0.4 is 10.2 Å². The van der Waals surface area contributed by atoms with Gasteiger partial charge < -0.3 is 10.1 Å². The highest BCUT2D eigenvalue weighted by atomic mass is 32.1. The minimum atomic E-state index is -0.357. The standard InChI is InChI=1S/C21H22N2O2S/c1-13-10-11-14(2)17(12-13)19-18(20(24)25-4)15(3)23(21(26)22-19)16-8-6-5-7-9-16/h5-12,19H,1-4H3,(H,22,26)/t19-/m1/s1. The van der Waals surface area contributed by atoms with Crippen LogP contribution >= 0.6 is 12.2 Å². The molecule has 0 aromatic heterocycles. The highest BCUT2D eigenvalue weighted by Crippen LogP contribution is 2.35. The number of esters is 1. The molecule has 134 valence electrons. The number of rotatable bonds is 3. The van der Waals surface area contributed by atoms with Crippen molar-refractivity contribution in [3.05, 3.63) is 76.5 Å². The molecule has 0 aliphatic carbocycles. The van der Waals surface area contributed by atoms with E-state index in [1.165, 1.54) is 7.11 Å². The first-order chi connectivity index (χ1) is 12.4. The van der Waals surface area contributed by atoms with Crippen LogP contribution in [-0.4, -0.2) is 18.2 Å². The summed E-state index contributed by atoms with van der Waals surface area (Å²) < 4.78 is 5.09.